The van der Waals surface area contributed by atoms with E-state index in [2.05, 4.69) is 27.2 Å². The molecule has 2 N–H and O–H groups in total. The highest BCUT2D eigenvalue weighted by molar-refractivity contribution is 5.90. The second-order valence-electron chi connectivity index (χ2n) is 5.29. The van der Waals surface area contributed by atoms with Gasteiger partial charge in [-0.2, -0.15) is 0 Å². The van der Waals surface area contributed by atoms with Gasteiger partial charge in [0, 0.05) is 12.7 Å². The van der Waals surface area contributed by atoms with Crippen LogP contribution in [0.15, 0.2) is 12.5 Å². The second-order valence-corrected chi connectivity index (χ2v) is 5.29. The lowest BCUT2D eigenvalue weighted by molar-refractivity contribution is 0.0578. The minimum Gasteiger partial charge on any atom is -0.369 e. The molecule has 0 aromatic carbocycles. The normalized spacial score (nSPS) is 17.4. The maximum absolute atomic E-state index is 13.9. The van der Waals surface area contributed by atoms with E-state index in [1.165, 1.54) is 11.9 Å². The van der Waals surface area contributed by atoms with Gasteiger partial charge in [-0.3, -0.25) is 0 Å². The molecular formula is C14H19FN4. The number of aromatic nitrogens is 3. The third kappa shape index (κ3) is 2.29. The summed E-state index contributed by atoms with van der Waals surface area (Å²) in [6, 6.07) is 0. The number of aryl methyl sites for hydroxylation is 1. The average molecular weight is 262 g/mol. The van der Waals surface area contributed by atoms with Gasteiger partial charge in [-0.25, -0.2) is 14.4 Å². The van der Waals surface area contributed by atoms with Gasteiger partial charge in [0.2, 0.25) is 0 Å². The fourth-order valence-electron chi connectivity index (χ4n) is 2.66. The maximum atomic E-state index is 13.9. The minimum absolute atomic E-state index is 0.560. The summed E-state index contributed by atoms with van der Waals surface area (Å²) in [5.41, 5.74) is 1.09. The van der Waals surface area contributed by atoms with Crippen LogP contribution in [-0.4, -0.2) is 27.2 Å². The first-order valence-corrected chi connectivity index (χ1v) is 6.95. The molecule has 4 nitrogen and oxygen atoms in total. The molecular weight excluding hydrogens is 243 g/mol. The summed E-state index contributed by atoms with van der Waals surface area (Å²) in [7, 11) is 0. The zero-order valence-corrected chi connectivity index (χ0v) is 11.2. The van der Waals surface area contributed by atoms with Crippen molar-refractivity contribution in [2.75, 3.05) is 11.9 Å². The van der Waals surface area contributed by atoms with Crippen LogP contribution >= 0.6 is 0 Å². The van der Waals surface area contributed by atoms with Crippen LogP contribution in [-0.2, 0) is 6.42 Å². The van der Waals surface area contributed by atoms with E-state index in [0.29, 0.717) is 25.8 Å². The van der Waals surface area contributed by atoms with Crippen molar-refractivity contribution in [3.05, 3.63) is 18.1 Å². The lowest BCUT2D eigenvalue weighted by atomic mass is 9.80. The van der Waals surface area contributed by atoms with E-state index in [1.54, 1.807) is 0 Å². The van der Waals surface area contributed by atoms with Crippen molar-refractivity contribution >= 4 is 16.9 Å². The Morgan fingerprint density at radius 1 is 1.42 bits per heavy atom. The molecule has 0 atom stereocenters. The van der Waals surface area contributed by atoms with Gasteiger partial charge in [0.25, 0.3) is 0 Å². The van der Waals surface area contributed by atoms with Gasteiger partial charge in [0.05, 0.1) is 5.39 Å². The van der Waals surface area contributed by atoms with Gasteiger partial charge >= 0.3 is 0 Å². The van der Waals surface area contributed by atoms with Crippen LogP contribution in [0.2, 0.25) is 0 Å². The van der Waals surface area contributed by atoms with Crippen LogP contribution in [0.25, 0.3) is 11.0 Å². The number of H-pyrrole nitrogens is 1. The van der Waals surface area contributed by atoms with Crippen LogP contribution in [0, 0.1) is 0 Å². The lowest BCUT2D eigenvalue weighted by Crippen LogP contribution is -2.33. The fraction of sp³-hybridized carbons (Fsp3) is 0.571. The Labute approximate surface area is 111 Å². The third-order valence-electron chi connectivity index (χ3n) is 4.05. The molecule has 3 rings (SSSR count). The van der Waals surface area contributed by atoms with Gasteiger partial charge in [0.1, 0.15) is 23.5 Å². The Morgan fingerprint density at radius 2 is 2.26 bits per heavy atom. The summed E-state index contributed by atoms with van der Waals surface area (Å²) in [6.07, 6.45) is 7.42. The summed E-state index contributed by atoms with van der Waals surface area (Å²) in [5.74, 6) is 0.811. The second kappa shape index (κ2) is 4.79. The Morgan fingerprint density at radius 3 is 2.95 bits per heavy atom. The predicted molar refractivity (Wildman–Crippen MR) is 74.1 cm³/mol. The van der Waals surface area contributed by atoms with E-state index in [9.17, 15) is 4.39 Å². The van der Waals surface area contributed by atoms with E-state index < -0.39 is 5.67 Å². The molecule has 0 saturated heterocycles. The molecule has 1 saturated carbocycles. The average Bonchev–Trinajstić information content (AvgIpc) is 2.80. The number of hydrogen-bond acceptors (Lipinski definition) is 3. The van der Waals surface area contributed by atoms with E-state index in [0.717, 1.165) is 29.7 Å². The van der Waals surface area contributed by atoms with E-state index >= 15 is 0 Å². The first-order chi connectivity index (χ1) is 9.22. The van der Waals surface area contributed by atoms with Gasteiger partial charge in [-0.15, -0.1) is 0 Å². The van der Waals surface area contributed by atoms with Crippen molar-refractivity contribution in [2.45, 2.75) is 44.7 Å². The molecule has 2 aromatic rings. The van der Waals surface area contributed by atoms with Crippen molar-refractivity contribution < 1.29 is 4.39 Å². The van der Waals surface area contributed by atoms with Crippen molar-refractivity contribution in [1.82, 2.24) is 15.0 Å². The molecule has 0 aliphatic heterocycles. The molecule has 1 fully saturated rings. The molecule has 1 aliphatic carbocycles. The zero-order valence-electron chi connectivity index (χ0n) is 11.2. The monoisotopic (exact) mass is 262 g/mol. The standard InChI is InChI=1S/C14H19FN4/c1-2-10-8-17-13-11(10)12(18-9-19-13)16-7-6-14(15)4-3-5-14/h8-9H,2-7H2,1H3,(H2,16,17,18,19). The maximum Gasteiger partial charge on any atom is 0.143 e. The quantitative estimate of drug-likeness (QED) is 0.870. The molecule has 2 aromatic heterocycles. The summed E-state index contributed by atoms with van der Waals surface area (Å²) in [4.78, 5) is 11.6. The van der Waals surface area contributed by atoms with Gasteiger partial charge < -0.3 is 10.3 Å². The summed E-state index contributed by atoms with van der Waals surface area (Å²) in [6.45, 7) is 2.72. The minimum atomic E-state index is -0.940. The fourth-order valence-corrected chi connectivity index (χ4v) is 2.66. The van der Waals surface area contributed by atoms with Crippen molar-refractivity contribution in [3.63, 3.8) is 0 Å². The van der Waals surface area contributed by atoms with Crippen LogP contribution in [0.3, 0.4) is 0 Å². The predicted octanol–water partition coefficient (Wildman–Crippen LogP) is 3.21. The van der Waals surface area contributed by atoms with E-state index in [1.807, 2.05) is 6.20 Å². The van der Waals surface area contributed by atoms with Crippen molar-refractivity contribution in [2.24, 2.45) is 0 Å². The highest BCUT2D eigenvalue weighted by Gasteiger charge is 2.36. The highest BCUT2D eigenvalue weighted by atomic mass is 19.1. The molecule has 102 valence electrons. The number of nitrogens with one attached hydrogen (secondary N) is 2. The number of nitrogens with zero attached hydrogens (tertiary/aromatic N) is 2. The first-order valence-electron chi connectivity index (χ1n) is 6.95. The molecule has 0 bridgehead atoms. The Balaban J connectivity index is 1.74. The topological polar surface area (TPSA) is 53.6 Å². The van der Waals surface area contributed by atoms with Crippen LogP contribution in [0.4, 0.5) is 10.2 Å². The molecule has 0 spiro atoms. The van der Waals surface area contributed by atoms with Gasteiger partial charge in [-0.1, -0.05) is 6.92 Å². The molecule has 19 heavy (non-hydrogen) atoms. The molecule has 1 aliphatic rings. The molecule has 0 unspecified atom stereocenters. The lowest BCUT2D eigenvalue weighted by Gasteiger charge is -2.33. The molecule has 0 amide bonds. The molecule has 2 heterocycles. The largest absolute Gasteiger partial charge is 0.369 e. The highest BCUT2D eigenvalue weighted by Crippen LogP contribution is 2.38. The smallest absolute Gasteiger partial charge is 0.143 e. The zero-order chi connectivity index (χ0) is 13.3. The van der Waals surface area contributed by atoms with Crippen LogP contribution in [0.5, 0.6) is 0 Å². The summed E-state index contributed by atoms with van der Waals surface area (Å²) in [5, 5.41) is 4.30. The number of fused-ring (bicyclic) bond motifs is 1. The number of anilines is 1. The Hall–Kier alpha value is -1.65. The summed E-state index contributed by atoms with van der Waals surface area (Å²) >= 11 is 0. The van der Waals surface area contributed by atoms with Gasteiger partial charge in [-0.05, 0) is 37.7 Å². The van der Waals surface area contributed by atoms with Gasteiger partial charge in [0.15, 0.2) is 0 Å². The Kier molecular flexibility index (Phi) is 3.12. The molecule has 5 heteroatoms. The van der Waals surface area contributed by atoms with Crippen LogP contribution in [0.1, 0.15) is 38.2 Å². The third-order valence-corrected chi connectivity index (χ3v) is 4.05. The van der Waals surface area contributed by atoms with E-state index in [4.69, 9.17) is 0 Å². The van der Waals surface area contributed by atoms with Crippen LogP contribution < -0.4 is 5.32 Å². The van der Waals surface area contributed by atoms with Crippen molar-refractivity contribution in [1.29, 1.82) is 0 Å². The number of aromatic amines is 1. The number of rotatable bonds is 5. The van der Waals surface area contributed by atoms with Crippen molar-refractivity contribution in [3.8, 4) is 0 Å². The number of alkyl halides is 1. The molecule has 0 radical (unpaired) electrons. The SMILES string of the molecule is CCc1c[nH]c2ncnc(NCCC3(F)CCC3)c12. The number of hydrogen-bond donors (Lipinski definition) is 2. The number of halogens is 1. The van der Waals surface area contributed by atoms with E-state index in [-0.39, 0.29) is 0 Å². The summed E-state index contributed by atoms with van der Waals surface area (Å²) < 4.78 is 13.9. The first kappa shape index (κ1) is 12.4. The Bertz CT molecular complexity index is 574.